The molecule has 7 nitrogen and oxygen atoms in total. The summed E-state index contributed by atoms with van der Waals surface area (Å²) < 4.78 is 17.6. The lowest BCUT2D eigenvalue weighted by Crippen LogP contribution is -2.27. The number of carbonyl (C=O) groups is 1. The van der Waals surface area contributed by atoms with Gasteiger partial charge in [-0.1, -0.05) is 18.2 Å². The van der Waals surface area contributed by atoms with Crippen LogP contribution in [0.15, 0.2) is 61.1 Å². The van der Waals surface area contributed by atoms with Crippen molar-refractivity contribution in [3.63, 3.8) is 0 Å². The highest BCUT2D eigenvalue weighted by Crippen LogP contribution is 2.45. The molecule has 6 rings (SSSR count). The summed E-state index contributed by atoms with van der Waals surface area (Å²) in [6.07, 6.45) is 5.46. The van der Waals surface area contributed by atoms with Crippen LogP contribution >= 0.6 is 0 Å². The first kappa shape index (κ1) is 26.8. The number of nitrogens with zero attached hydrogens (tertiary/aromatic N) is 3. The number of benzene rings is 3. The van der Waals surface area contributed by atoms with Gasteiger partial charge in [-0.3, -0.25) is 9.78 Å². The highest BCUT2D eigenvalue weighted by atomic mass is 16.5. The van der Waals surface area contributed by atoms with E-state index < -0.39 is 11.7 Å². The van der Waals surface area contributed by atoms with Crippen LogP contribution in [0.5, 0.6) is 11.8 Å². The molecule has 1 atom stereocenters. The molecule has 0 radical (unpaired) electrons. The number of hydrogen-bond acceptors (Lipinski definition) is 7. The first-order chi connectivity index (χ1) is 19.6. The zero-order valence-corrected chi connectivity index (χ0v) is 24.2. The number of aromatic nitrogens is 3. The number of ketones is 1. The third-order valence-corrected chi connectivity index (χ3v) is 7.47. The van der Waals surface area contributed by atoms with Crippen LogP contribution in [0.2, 0.25) is 0 Å². The number of Topliss-reactive ketones (excluding diaryl/α,β-unsaturated/α-hetero) is 1. The SMILES string of the molecule is COc1ncc(-c2ccc3c(-c4ccc5c6c(ccnc46)CCO5)c([C@H](OC(C)(C)C)C(C)=O)c(C)cc3c2)cn1. The second kappa shape index (κ2) is 10.2. The van der Waals surface area contributed by atoms with Gasteiger partial charge in [-0.05, 0) is 97.5 Å². The maximum atomic E-state index is 13.2. The Labute approximate surface area is 239 Å². The summed E-state index contributed by atoms with van der Waals surface area (Å²) in [5.41, 5.74) is 7.14. The molecule has 0 aliphatic carbocycles. The predicted molar refractivity (Wildman–Crippen MR) is 160 cm³/mol. The van der Waals surface area contributed by atoms with Crippen LogP contribution in [0, 0.1) is 6.92 Å². The Bertz CT molecular complexity index is 1800. The minimum Gasteiger partial charge on any atom is -0.493 e. The fraction of sp³-hybridized carbons (Fsp3) is 0.294. The topological polar surface area (TPSA) is 83.4 Å². The molecule has 1 aliphatic heterocycles. The van der Waals surface area contributed by atoms with E-state index in [0.717, 1.165) is 67.2 Å². The lowest BCUT2D eigenvalue weighted by molar-refractivity contribution is -0.138. The van der Waals surface area contributed by atoms with Crippen LogP contribution < -0.4 is 9.47 Å². The number of carbonyl (C=O) groups excluding carboxylic acids is 1. The highest BCUT2D eigenvalue weighted by molar-refractivity contribution is 6.09. The number of aryl methyl sites for hydroxylation is 1. The molecule has 0 unspecified atom stereocenters. The first-order valence-electron chi connectivity index (χ1n) is 13.8. The number of hydrogen-bond donors (Lipinski definition) is 0. The van der Waals surface area contributed by atoms with Crippen LogP contribution in [0.4, 0.5) is 0 Å². The summed E-state index contributed by atoms with van der Waals surface area (Å²) in [4.78, 5) is 26.7. The van der Waals surface area contributed by atoms with Gasteiger partial charge in [0, 0.05) is 41.5 Å². The summed E-state index contributed by atoms with van der Waals surface area (Å²) in [5.74, 6) is 0.794. The second-order valence-corrected chi connectivity index (χ2v) is 11.5. The van der Waals surface area contributed by atoms with Gasteiger partial charge in [0.1, 0.15) is 11.9 Å². The first-order valence-corrected chi connectivity index (χ1v) is 13.8. The second-order valence-electron chi connectivity index (χ2n) is 11.5. The van der Waals surface area contributed by atoms with Crippen molar-refractivity contribution in [2.24, 2.45) is 0 Å². The minimum absolute atomic E-state index is 0.0466. The highest BCUT2D eigenvalue weighted by Gasteiger charge is 2.31. The number of fused-ring (bicyclic) bond motifs is 1. The molecule has 0 saturated heterocycles. The Morgan fingerprint density at radius 2 is 1.78 bits per heavy atom. The smallest absolute Gasteiger partial charge is 0.316 e. The minimum atomic E-state index is -0.744. The number of rotatable bonds is 6. The molecule has 0 bridgehead atoms. The van der Waals surface area contributed by atoms with Gasteiger partial charge < -0.3 is 14.2 Å². The van der Waals surface area contributed by atoms with E-state index in [1.54, 1.807) is 26.4 Å². The predicted octanol–water partition coefficient (Wildman–Crippen LogP) is 7.21. The molecule has 41 heavy (non-hydrogen) atoms. The molecule has 3 heterocycles. The standard InChI is InChI=1S/C34H33N3O4/c1-19-15-23-16-22(24-17-36-33(39-6)37-18-24)7-8-25(23)30(28(19)32(20(2)38)41-34(3,4)5)26-9-10-27-29-21(12-14-40-27)11-13-35-31(26)29/h7-11,13,15-18,32H,12,14H2,1-6H3/t32-/m1/s1. The molecule has 0 saturated carbocycles. The summed E-state index contributed by atoms with van der Waals surface area (Å²) >= 11 is 0. The monoisotopic (exact) mass is 547 g/mol. The molecule has 1 aliphatic rings. The van der Waals surface area contributed by atoms with E-state index >= 15 is 0 Å². The van der Waals surface area contributed by atoms with E-state index in [1.165, 1.54) is 5.56 Å². The number of pyridine rings is 1. The van der Waals surface area contributed by atoms with Crippen molar-refractivity contribution in [2.75, 3.05) is 13.7 Å². The van der Waals surface area contributed by atoms with Gasteiger partial charge in [-0.25, -0.2) is 9.97 Å². The molecular formula is C34H33N3O4. The van der Waals surface area contributed by atoms with E-state index in [-0.39, 0.29) is 5.78 Å². The molecule has 208 valence electrons. The average molecular weight is 548 g/mol. The van der Waals surface area contributed by atoms with Crippen molar-refractivity contribution in [1.82, 2.24) is 15.0 Å². The van der Waals surface area contributed by atoms with Gasteiger partial charge in [0.15, 0.2) is 5.78 Å². The molecule has 0 amide bonds. The van der Waals surface area contributed by atoms with E-state index in [4.69, 9.17) is 19.2 Å². The lowest BCUT2D eigenvalue weighted by Gasteiger charge is -2.30. The molecular weight excluding hydrogens is 514 g/mol. The van der Waals surface area contributed by atoms with Gasteiger partial charge >= 0.3 is 6.01 Å². The van der Waals surface area contributed by atoms with E-state index in [2.05, 4.69) is 46.4 Å². The summed E-state index contributed by atoms with van der Waals surface area (Å²) in [6, 6.07) is 14.9. The van der Waals surface area contributed by atoms with Gasteiger partial charge in [0.25, 0.3) is 0 Å². The molecule has 7 heteroatoms. The van der Waals surface area contributed by atoms with E-state index in [9.17, 15) is 4.79 Å². The summed E-state index contributed by atoms with van der Waals surface area (Å²) in [6.45, 7) is 10.2. The van der Waals surface area contributed by atoms with Gasteiger partial charge in [0.05, 0.1) is 24.8 Å². The number of ether oxygens (including phenoxy) is 3. The van der Waals surface area contributed by atoms with E-state index in [1.807, 2.05) is 40.0 Å². The van der Waals surface area contributed by atoms with E-state index in [0.29, 0.717) is 12.6 Å². The van der Waals surface area contributed by atoms with Crippen molar-refractivity contribution in [2.45, 2.75) is 52.7 Å². The maximum Gasteiger partial charge on any atom is 0.316 e. The lowest BCUT2D eigenvalue weighted by atomic mass is 9.84. The summed E-state index contributed by atoms with van der Waals surface area (Å²) in [5, 5.41) is 3.07. The fourth-order valence-electron chi connectivity index (χ4n) is 5.74. The molecule has 0 N–H and O–H groups in total. The zero-order valence-electron chi connectivity index (χ0n) is 24.2. The average Bonchev–Trinajstić information content (AvgIpc) is 2.95. The Morgan fingerprint density at radius 1 is 1.00 bits per heavy atom. The zero-order chi connectivity index (χ0) is 28.9. The van der Waals surface area contributed by atoms with Crippen LogP contribution in [0.3, 0.4) is 0 Å². The van der Waals surface area contributed by atoms with Gasteiger partial charge in [-0.2, -0.15) is 0 Å². The van der Waals surface area contributed by atoms with Crippen molar-refractivity contribution in [3.05, 3.63) is 77.7 Å². The molecule has 5 aromatic rings. The Balaban J connectivity index is 1.66. The third kappa shape index (κ3) is 4.91. The Kier molecular flexibility index (Phi) is 6.70. The van der Waals surface area contributed by atoms with Gasteiger partial charge in [-0.15, -0.1) is 0 Å². The van der Waals surface area contributed by atoms with Crippen molar-refractivity contribution in [3.8, 4) is 34.0 Å². The Morgan fingerprint density at radius 3 is 2.49 bits per heavy atom. The maximum absolute atomic E-state index is 13.2. The number of methoxy groups -OCH3 is 1. The summed E-state index contributed by atoms with van der Waals surface area (Å²) in [7, 11) is 1.55. The van der Waals surface area contributed by atoms with Crippen LogP contribution in [-0.4, -0.2) is 40.1 Å². The van der Waals surface area contributed by atoms with Crippen LogP contribution in [-0.2, 0) is 16.0 Å². The van der Waals surface area contributed by atoms with Crippen molar-refractivity contribution >= 4 is 27.5 Å². The van der Waals surface area contributed by atoms with Crippen molar-refractivity contribution < 1.29 is 19.0 Å². The van der Waals surface area contributed by atoms with Crippen LogP contribution in [0.1, 0.15) is 50.5 Å². The van der Waals surface area contributed by atoms with Crippen molar-refractivity contribution in [1.29, 1.82) is 0 Å². The molecule has 3 aromatic carbocycles. The molecule has 0 fully saturated rings. The molecule has 0 spiro atoms. The normalized spacial score (nSPS) is 13.7. The van der Waals surface area contributed by atoms with Gasteiger partial charge in [0.2, 0.25) is 0 Å². The quantitative estimate of drug-likeness (QED) is 0.222. The largest absolute Gasteiger partial charge is 0.493 e. The van der Waals surface area contributed by atoms with Crippen LogP contribution in [0.25, 0.3) is 43.9 Å². The fourth-order valence-corrected chi connectivity index (χ4v) is 5.74. The molecule has 2 aromatic heterocycles. The Hall–Kier alpha value is -4.36. The third-order valence-electron chi connectivity index (χ3n) is 7.47.